The SMILES string of the molecule is COCCN(CCOC)c1snc(N)c1C. The fourth-order valence-electron chi connectivity index (χ4n) is 1.35. The van der Waals surface area contributed by atoms with Crippen molar-refractivity contribution in [1.82, 2.24) is 4.37 Å². The van der Waals surface area contributed by atoms with Crippen LogP contribution < -0.4 is 10.6 Å². The van der Waals surface area contributed by atoms with Crippen molar-refractivity contribution >= 4 is 22.4 Å². The molecule has 16 heavy (non-hydrogen) atoms. The number of ether oxygens (including phenoxy) is 2. The maximum absolute atomic E-state index is 5.75. The number of rotatable bonds is 7. The first-order valence-corrected chi connectivity index (χ1v) is 5.92. The predicted molar refractivity (Wildman–Crippen MR) is 67.2 cm³/mol. The molecule has 92 valence electrons. The van der Waals surface area contributed by atoms with Gasteiger partial charge in [0.05, 0.1) is 13.2 Å². The Morgan fingerprint density at radius 3 is 2.19 bits per heavy atom. The Morgan fingerprint density at radius 1 is 1.25 bits per heavy atom. The summed E-state index contributed by atoms with van der Waals surface area (Å²) in [5.41, 5.74) is 6.78. The monoisotopic (exact) mass is 245 g/mol. The molecule has 0 aliphatic rings. The number of hydrogen-bond acceptors (Lipinski definition) is 6. The lowest BCUT2D eigenvalue weighted by atomic mass is 10.3. The molecule has 0 aliphatic carbocycles. The van der Waals surface area contributed by atoms with Crippen LogP contribution in [0.25, 0.3) is 0 Å². The lowest BCUT2D eigenvalue weighted by Gasteiger charge is -2.22. The van der Waals surface area contributed by atoms with Gasteiger partial charge in [-0.15, -0.1) is 0 Å². The molecule has 0 fully saturated rings. The fraction of sp³-hybridized carbons (Fsp3) is 0.700. The Balaban J connectivity index is 2.70. The summed E-state index contributed by atoms with van der Waals surface area (Å²) in [6.45, 7) is 4.99. The Labute approximate surface area is 100 Å². The summed E-state index contributed by atoms with van der Waals surface area (Å²) in [6.07, 6.45) is 0. The van der Waals surface area contributed by atoms with Gasteiger partial charge in [0.15, 0.2) is 0 Å². The van der Waals surface area contributed by atoms with Gasteiger partial charge in [-0.1, -0.05) is 0 Å². The quantitative estimate of drug-likeness (QED) is 0.780. The van der Waals surface area contributed by atoms with Crippen LogP contribution >= 0.6 is 11.5 Å². The number of hydrogen-bond donors (Lipinski definition) is 1. The van der Waals surface area contributed by atoms with Crippen molar-refractivity contribution in [3.05, 3.63) is 5.56 Å². The molecule has 0 saturated carbocycles. The number of aromatic nitrogens is 1. The predicted octanol–water partition coefficient (Wildman–Crippen LogP) is 1.13. The molecular weight excluding hydrogens is 226 g/mol. The van der Waals surface area contributed by atoms with E-state index in [1.54, 1.807) is 14.2 Å². The van der Waals surface area contributed by atoms with E-state index in [9.17, 15) is 0 Å². The molecule has 0 atom stereocenters. The van der Waals surface area contributed by atoms with Gasteiger partial charge in [-0.3, -0.25) is 0 Å². The highest BCUT2D eigenvalue weighted by molar-refractivity contribution is 7.10. The van der Waals surface area contributed by atoms with Gasteiger partial charge in [-0.05, 0) is 18.5 Å². The van der Waals surface area contributed by atoms with Gasteiger partial charge < -0.3 is 20.1 Å². The number of methoxy groups -OCH3 is 2. The summed E-state index contributed by atoms with van der Waals surface area (Å²) >= 11 is 1.42. The highest BCUT2D eigenvalue weighted by Gasteiger charge is 2.14. The third-order valence-corrected chi connectivity index (χ3v) is 3.38. The van der Waals surface area contributed by atoms with Crippen molar-refractivity contribution in [2.24, 2.45) is 0 Å². The Hall–Kier alpha value is -0.850. The molecule has 1 rings (SSSR count). The standard InChI is InChI=1S/C10H19N3O2S/c1-8-9(11)12-16-10(8)13(4-6-14-2)5-7-15-3/h4-7H2,1-3H3,(H2,11,12). The Bertz CT molecular complexity index is 309. The summed E-state index contributed by atoms with van der Waals surface area (Å²) < 4.78 is 14.3. The molecule has 0 bridgehead atoms. The molecule has 1 heterocycles. The normalized spacial score (nSPS) is 10.7. The van der Waals surface area contributed by atoms with Crippen molar-refractivity contribution in [1.29, 1.82) is 0 Å². The van der Waals surface area contributed by atoms with Crippen LogP contribution in [0.3, 0.4) is 0 Å². The molecule has 5 nitrogen and oxygen atoms in total. The van der Waals surface area contributed by atoms with Gasteiger partial charge in [0.1, 0.15) is 10.8 Å². The molecule has 0 amide bonds. The van der Waals surface area contributed by atoms with Gasteiger partial charge in [0.2, 0.25) is 0 Å². The highest BCUT2D eigenvalue weighted by Crippen LogP contribution is 2.29. The van der Waals surface area contributed by atoms with Gasteiger partial charge in [0.25, 0.3) is 0 Å². The second-order valence-electron chi connectivity index (χ2n) is 3.47. The smallest absolute Gasteiger partial charge is 0.142 e. The van der Waals surface area contributed by atoms with Crippen molar-refractivity contribution in [2.45, 2.75) is 6.92 Å². The second kappa shape index (κ2) is 6.67. The van der Waals surface area contributed by atoms with Crippen LogP contribution in [-0.2, 0) is 9.47 Å². The molecule has 0 radical (unpaired) electrons. The topological polar surface area (TPSA) is 60.6 Å². The fourth-order valence-corrected chi connectivity index (χ4v) is 2.21. The first-order valence-electron chi connectivity index (χ1n) is 5.15. The van der Waals surface area contributed by atoms with E-state index in [0.29, 0.717) is 19.0 Å². The molecule has 2 N–H and O–H groups in total. The van der Waals surface area contributed by atoms with E-state index in [-0.39, 0.29) is 0 Å². The molecule has 0 spiro atoms. The van der Waals surface area contributed by atoms with E-state index in [1.807, 2.05) is 6.92 Å². The van der Waals surface area contributed by atoms with Crippen molar-refractivity contribution in [3.8, 4) is 0 Å². The largest absolute Gasteiger partial charge is 0.383 e. The van der Waals surface area contributed by atoms with E-state index in [1.165, 1.54) is 11.5 Å². The zero-order valence-electron chi connectivity index (χ0n) is 10.0. The van der Waals surface area contributed by atoms with Gasteiger partial charge >= 0.3 is 0 Å². The third-order valence-electron chi connectivity index (χ3n) is 2.35. The number of anilines is 2. The first-order chi connectivity index (χ1) is 7.70. The average molecular weight is 245 g/mol. The van der Waals surface area contributed by atoms with E-state index < -0.39 is 0 Å². The van der Waals surface area contributed by atoms with E-state index in [4.69, 9.17) is 15.2 Å². The molecule has 6 heteroatoms. The molecule has 0 aliphatic heterocycles. The summed E-state index contributed by atoms with van der Waals surface area (Å²) in [5.74, 6) is 0.611. The summed E-state index contributed by atoms with van der Waals surface area (Å²) in [4.78, 5) is 2.19. The summed E-state index contributed by atoms with van der Waals surface area (Å²) in [5, 5.41) is 1.10. The highest BCUT2D eigenvalue weighted by atomic mass is 32.1. The Kier molecular flexibility index (Phi) is 5.51. The minimum Gasteiger partial charge on any atom is -0.383 e. The van der Waals surface area contributed by atoms with Gasteiger partial charge in [0, 0.05) is 32.9 Å². The number of nitrogens with two attached hydrogens (primary N) is 1. The van der Waals surface area contributed by atoms with E-state index >= 15 is 0 Å². The first kappa shape index (κ1) is 13.2. The van der Waals surface area contributed by atoms with Crippen LogP contribution in [-0.4, -0.2) is 44.9 Å². The minimum atomic E-state index is 0.611. The van der Waals surface area contributed by atoms with Crippen LogP contribution in [0, 0.1) is 6.92 Å². The molecule has 0 aromatic carbocycles. The van der Waals surface area contributed by atoms with E-state index in [0.717, 1.165) is 23.7 Å². The van der Waals surface area contributed by atoms with Crippen molar-refractivity contribution in [2.75, 3.05) is 51.2 Å². The van der Waals surface area contributed by atoms with Crippen molar-refractivity contribution < 1.29 is 9.47 Å². The van der Waals surface area contributed by atoms with Crippen LogP contribution in [0.15, 0.2) is 0 Å². The molecule has 0 saturated heterocycles. The summed E-state index contributed by atoms with van der Waals surface area (Å²) in [6, 6.07) is 0. The summed E-state index contributed by atoms with van der Waals surface area (Å²) in [7, 11) is 3.39. The van der Waals surface area contributed by atoms with Crippen LogP contribution in [0.2, 0.25) is 0 Å². The van der Waals surface area contributed by atoms with E-state index in [2.05, 4.69) is 9.27 Å². The zero-order valence-corrected chi connectivity index (χ0v) is 10.8. The lowest BCUT2D eigenvalue weighted by molar-refractivity contribution is 0.190. The zero-order chi connectivity index (χ0) is 12.0. The molecule has 1 aromatic heterocycles. The van der Waals surface area contributed by atoms with Crippen LogP contribution in [0.4, 0.5) is 10.8 Å². The molecule has 1 aromatic rings. The maximum Gasteiger partial charge on any atom is 0.142 e. The average Bonchev–Trinajstić information content (AvgIpc) is 2.61. The van der Waals surface area contributed by atoms with Crippen molar-refractivity contribution in [3.63, 3.8) is 0 Å². The lowest BCUT2D eigenvalue weighted by Crippen LogP contribution is -2.30. The number of nitrogen functional groups attached to an aromatic ring is 1. The third kappa shape index (κ3) is 3.33. The number of nitrogens with zero attached hydrogens (tertiary/aromatic N) is 2. The minimum absolute atomic E-state index is 0.611. The van der Waals surface area contributed by atoms with Crippen LogP contribution in [0.5, 0.6) is 0 Å². The van der Waals surface area contributed by atoms with Gasteiger partial charge in [-0.2, -0.15) is 4.37 Å². The second-order valence-corrected chi connectivity index (χ2v) is 4.22. The molecule has 0 unspecified atom stereocenters. The maximum atomic E-state index is 5.75. The van der Waals surface area contributed by atoms with Crippen LogP contribution in [0.1, 0.15) is 5.56 Å². The Morgan fingerprint density at radius 2 is 1.81 bits per heavy atom. The van der Waals surface area contributed by atoms with Gasteiger partial charge in [-0.25, -0.2) is 0 Å². The molecular formula is C10H19N3O2S.